The number of imidazole rings is 1. The Balaban J connectivity index is 2.65. The van der Waals surface area contributed by atoms with Gasteiger partial charge in [-0.2, -0.15) is 0 Å². The Labute approximate surface area is 102 Å². The third-order valence-corrected chi connectivity index (χ3v) is 2.90. The van der Waals surface area contributed by atoms with E-state index in [4.69, 9.17) is 0 Å². The molecule has 4 nitrogen and oxygen atoms in total. The lowest BCUT2D eigenvalue weighted by atomic mass is 10.2. The molecule has 2 heterocycles. The average Bonchev–Trinajstić information content (AvgIpc) is 2.73. The molecule has 0 amide bonds. The van der Waals surface area contributed by atoms with Crippen LogP contribution in [-0.2, 0) is 12.8 Å². The second-order valence-electron chi connectivity index (χ2n) is 4.61. The highest BCUT2D eigenvalue weighted by atomic mass is 15.1. The minimum absolute atomic E-state index is 0.383. The van der Waals surface area contributed by atoms with E-state index in [0.717, 1.165) is 41.9 Å². The highest BCUT2D eigenvalue weighted by Crippen LogP contribution is 2.19. The van der Waals surface area contributed by atoms with Crippen LogP contribution >= 0.6 is 0 Å². The smallest absolute Gasteiger partial charge is 0.164 e. The fourth-order valence-corrected chi connectivity index (χ4v) is 1.97. The van der Waals surface area contributed by atoms with Crippen LogP contribution in [0.15, 0.2) is 6.33 Å². The second-order valence-corrected chi connectivity index (χ2v) is 4.61. The van der Waals surface area contributed by atoms with Crippen molar-refractivity contribution in [3.05, 3.63) is 17.8 Å². The van der Waals surface area contributed by atoms with E-state index in [1.807, 2.05) is 6.33 Å². The number of hydrogen-bond acceptors (Lipinski definition) is 3. The van der Waals surface area contributed by atoms with Crippen molar-refractivity contribution in [2.75, 3.05) is 0 Å². The van der Waals surface area contributed by atoms with Crippen LogP contribution in [0.3, 0.4) is 0 Å². The maximum atomic E-state index is 4.61. The molecule has 0 aliphatic heterocycles. The minimum atomic E-state index is 0.383. The highest BCUT2D eigenvalue weighted by molar-refractivity contribution is 5.73. The number of fused-ring (bicyclic) bond motifs is 1. The molecule has 0 aliphatic rings. The van der Waals surface area contributed by atoms with Gasteiger partial charge >= 0.3 is 0 Å². The molecule has 0 unspecified atom stereocenters. The largest absolute Gasteiger partial charge is 0.313 e. The van der Waals surface area contributed by atoms with Gasteiger partial charge in [0, 0.05) is 12.5 Å². The van der Waals surface area contributed by atoms with Crippen molar-refractivity contribution in [3.63, 3.8) is 0 Å². The molecule has 0 fully saturated rings. The van der Waals surface area contributed by atoms with Gasteiger partial charge in [0.25, 0.3) is 0 Å². The van der Waals surface area contributed by atoms with Gasteiger partial charge in [-0.15, -0.1) is 0 Å². The third kappa shape index (κ3) is 2.16. The quantitative estimate of drug-likeness (QED) is 0.814. The zero-order valence-electron chi connectivity index (χ0n) is 11.1. The molecule has 0 saturated carbocycles. The lowest BCUT2D eigenvalue weighted by Gasteiger charge is -2.08. The van der Waals surface area contributed by atoms with Crippen molar-refractivity contribution < 1.29 is 0 Å². The fraction of sp³-hybridized carbons (Fsp3) is 0.615. The topological polar surface area (TPSA) is 43.6 Å². The summed E-state index contributed by atoms with van der Waals surface area (Å²) in [5.41, 5.74) is 3.04. The maximum Gasteiger partial charge on any atom is 0.164 e. The molecular formula is C13H20N4. The van der Waals surface area contributed by atoms with Crippen molar-refractivity contribution in [2.45, 2.75) is 53.0 Å². The molecule has 0 aromatic carbocycles. The lowest BCUT2D eigenvalue weighted by molar-refractivity contribution is 0.611. The van der Waals surface area contributed by atoms with Crippen LogP contribution in [0.2, 0.25) is 0 Å². The van der Waals surface area contributed by atoms with Crippen molar-refractivity contribution in [1.29, 1.82) is 0 Å². The zero-order chi connectivity index (χ0) is 12.4. The second kappa shape index (κ2) is 4.82. The van der Waals surface area contributed by atoms with Gasteiger partial charge in [0.15, 0.2) is 5.65 Å². The summed E-state index contributed by atoms with van der Waals surface area (Å²) in [4.78, 5) is 13.7. The van der Waals surface area contributed by atoms with Crippen LogP contribution < -0.4 is 0 Å². The van der Waals surface area contributed by atoms with Crippen molar-refractivity contribution >= 4 is 11.2 Å². The summed E-state index contributed by atoms with van der Waals surface area (Å²) >= 11 is 0. The monoisotopic (exact) mass is 232 g/mol. The first kappa shape index (κ1) is 12.0. The van der Waals surface area contributed by atoms with E-state index in [0.29, 0.717) is 6.04 Å². The molecule has 4 heteroatoms. The molecule has 0 saturated heterocycles. The minimum Gasteiger partial charge on any atom is -0.313 e. The maximum absolute atomic E-state index is 4.61. The van der Waals surface area contributed by atoms with Gasteiger partial charge in [-0.05, 0) is 20.3 Å². The fourth-order valence-electron chi connectivity index (χ4n) is 1.97. The lowest BCUT2D eigenvalue weighted by Crippen LogP contribution is -2.04. The van der Waals surface area contributed by atoms with E-state index < -0.39 is 0 Å². The van der Waals surface area contributed by atoms with Gasteiger partial charge in [-0.1, -0.05) is 20.3 Å². The van der Waals surface area contributed by atoms with E-state index in [-0.39, 0.29) is 0 Å². The predicted octanol–water partition coefficient (Wildman–Crippen LogP) is 2.92. The number of aromatic nitrogens is 4. The zero-order valence-corrected chi connectivity index (χ0v) is 11.1. The summed E-state index contributed by atoms with van der Waals surface area (Å²) in [7, 11) is 0. The highest BCUT2D eigenvalue weighted by Gasteiger charge is 2.13. The molecule has 2 rings (SSSR count). The number of aryl methyl sites for hydroxylation is 2. The first-order valence-corrected chi connectivity index (χ1v) is 6.39. The third-order valence-electron chi connectivity index (χ3n) is 2.90. The molecule has 2 aromatic rings. The molecule has 17 heavy (non-hydrogen) atoms. The number of nitrogens with zero attached hydrogens (tertiary/aromatic N) is 4. The molecule has 0 spiro atoms. The predicted molar refractivity (Wildman–Crippen MR) is 69.1 cm³/mol. The van der Waals surface area contributed by atoms with Crippen LogP contribution in [0.5, 0.6) is 0 Å². The van der Waals surface area contributed by atoms with E-state index in [2.05, 4.69) is 47.2 Å². The molecule has 0 radical (unpaired) electrons. The van der Waals surface area contributed by atoms with Crippen LogP contribution in [0.4, 0.5) is 0 Å². The first-order chi connectivity index (χ1) is 8.17. The summed E-state index contributed by atoms with van der Waals surface area (Å²) in [6.45, 7) is 8.55. The Hall–Kier alpha value is -1.45. The van der Waals surface area contributed by atoms with Gasteiger partial charge in [-0.25, -0.2) is 15.0 Å². The van der Waals surface area contributed by atoms with Gasteiger partial charge in [-0.3, -0.25) is 0 Å². The molecule has 0 aliphatic carbocycles. The summed E-state index contributed by atoms with van der Waals surface area (Å²) in [5, 5.41) is 0. The van der Waals surface area contributed by atoms with Crippen molar-refractivity contribution in [2.24, 2.45) is 0 Å². The van der Waals surface area contributed by atoms with Crippen molar-refractivity contribution in [1.82, 2.24) is 19.5 Å². The van der Waals surface area contributed by atoms with Gasteiger partial charge in [0.2, 0.25) is 0 Å². The van der Waals surface area contributed by atoms with Gasteiger partial charge in [0.1, 0.15) is 11.3 Å². The number of hydrogen-bond donors (Lipinski definition) is 0. The summed E-state index contributed by atoms with van der Waals surface area (Å²) in [6.07, 6.45) is 4.81. The Kier molecular flexibility index (Phi) is 3.41. The number of rotatable bonds is 4. The Morgan fingerprint density at radius 3 is 2.59 bits per heavy atom. The molecule has 0 N–H and O–H groups in total. The van der Waals surface area contributed by atoms with E-state index in [1.54, 1.807) is 0 Å². The van der Waals surface area contributed by atoms with Gasteiger partial charge in [0.05, 0.1) is 12.0 Å². The van der Waals surface area contributed by atoms with Crippen LogP contribution in [0.25, 0.3) is 11.2 Å². The Bertz CT molecular complexity index is 513. The molecular weight excluding hydrogens is 212 g/mol. The standard InChI is InChI=1S/C13H20N4/c1-5-7-10-12-13(16-11(6-2)15-10)17(8-14-12)9(3)4/h8-9H,5-7H2,1-4H3. The van der Waals surface area contributed by atoms with Gasteiger partial charge < -0.3 is 4.57 Å². The van der Waals surface area contributed by atoms with Crippen LogP contribution in [0.1, 0.15) is 51.7 Å². The first-order valence-electron chi connectivity index (χ1n) is 6.39. The molecule has 2 aromatic heterocycles. The summed E-state index contributed by atoms with van der Waals surface area (Å²) in [6, 6.07) is 0.383. The SMILES string of the molecule is CCCc1nc(CC)nc2c1ncn2C(C)C. The van der Waals surface area contributed by atoms with Crippen LogP contribution in [-0.4, -0.2) is 19.5 Å². The average molecular weight is 232 g/mol. The summed E-state index contributed by atoms with van der Waals surface area (Å²) in [5.74, 6) is 0.920. The normalized spacial score (nSPS) is 11.6. The van der Waals surface area contributed by atoms with E-state index in [9.17, 15) is 0 Å². The van der Waals surface area contributed by atoms with Crippen LogP contribution in [0, 0.1) is 0 Å². The van der Waals surface area contributed by atoms with E-state index >= 15 is 0 Å². The Morgan fingerprint density at radius 1 is 1.24 bits per heavy atom. The molecule has 0 atom stereocenters. The van der Waals surface area contributed by atoms with E-state index in [1.165, 1.54) is 0 Å². The molecule has 0 bridgehead atoms. The van der Waals surface area contributed by atoms with Crippen molar-refractivity contribution in [3.8, 4) is 0 Å². The molecule has 92 valence electrons. The Morgan fingerprint density at radius 2 is 2.00 bits per heavy atom. The summed E-state index contributed by atoms with van der Waals surface area (Å²) < 4.78 is 2.12.